The lowest BCUT2D eigenvalue weighted by Crippen LogP contribution is -2.10. The number of para-hydroxylation sites is 1. The van der Waals surface area contributed by atoms with Crippen LogP contribution in [-0.2, 0) is 0 Å². The van der Waals surface area contributed by atoms with E-state index in [1.807, 2.05) is 66.7 Å². The Balaban J connectivity index is 0.994. The normalized spacial score (nSPS) is 11.7. The third-order valence-electron chi connectivity index (χ3n) is 21.5. The summed E-state index contributed by atoms with van der Waals surface area (Å²) in [5, 5.41) is 7.78. The van der Waals surface area contributed by atoms with E-state index in [1.54, 1.807) is 0 Å². The van der Waals surface area contributed by atoms with Crippen molar-refractivity contribution in [2.24, 2.45) is 0 Å². The summed E-state index contributed by atoms with van der Waals surface area (Å²) in [6.07, 6.45) is 0. The molecule has 0 spiro atoms. The average Bonchev–Trinajstić information content (AvgIpc) is 1.51. The molecule has 0 amide bonds. The summed E-state index contributed by atoms with van der Waals surface area (Å²) in [5.41, 5.74) is 24.6. The van der Waals surface area contributed by atoms with Crippen LogP contribution < -0.4 is 0 Å². The molecule has 108 heavy (non-hydrogen) atoms. The van der Waals surface area contributed by atoms with Gasteiger partial charge < -0.3 is 18.1 Å². The largest absolute Gasteiger partial charge is 0.466 e. The molecule has 8 nitrogen and oxygen atoms in total. The van der Waals surface area contributed by atoms with Crippen LogP contribution in [0.3, 0.4) is 0 Å². The fourth-order valence-corrected chi connectivity index (χ4v) is 16.5. The predicted molar refractivity (Wildman–Crippen MR) is 445 cm³/mol. The van der Waals surface area contributed by atoms with Crippen LogP contribution >= 0.6 is 0 Å². The maximum absolute atomic E-state index is 10.2. The molecule has 0 saturated heterocycles. The van der Waals surface area contributed by atoms with Gasteiger partial charge in [-0.15, -0.1) is 0 Å². The van der Waals surface area contributed by atoms with Gasteiger partial charge in [0.2, 0.25) is 0 Å². The van der Waals surface area contributed by atoms with Crippen LogP contribution in [0.4, 0.5) is 5.69 Å². The Bertz CT molecular complexity index is 6840. The van der Waals surface area contributed by atoms with E-state index in [9.17, 15) is 6.57 Å². The number of hydrogen-bond donors (Lipinski definition) is 0. The molecule has 0 aliphatic heterocycles. The van der Waals surface area contributed by atoms with E-state index in [4.69, 9.17) is 24.2 Å². The van der Waals surface area contributed by atoms with Crippen molar-refractivity contribution in [1.29, 1.82) is 0 Å². The zero-order chi connectivity index (χ0) is 71.3. The van der Waals surface area contributed by atoms with Crippen molar-refractivity contribution < 1.29 is 4.42 Å². The third-order valence-corrected chi connectivity index (χ3v) is 21.5. The summed E-state index contributed by atoms with van der Waals surface area (Å²) in [7, 11) is 0. The second-order valence-corrected chi connectivity index (χ2v) is 27.6. The van der Waals surface area contributed by atoms with Crippen LogP contribution in [-0.4, -0.2) is 28.7 Å². The van der Waals surface area contributed by atoms with Gasteiger partial charge in [0.25, 0.3) is 5.69 Å². The summed E-state index contributed by atoms with van der Waals surface area (Å²) in [6, 6.07) is 132. The van der Waals surface area contributed by atoms with Gasteiger partial charge in [-0.2, -0.15) is 0 Å². The topological polar surface area (TPSA) is 71.0 Å². The molecule has 0 aliphatic carbocycles. The monoisotopic (exact) mass is 1380 g/mol. The molecule has 0 fully saturated rings. The first-order valence-corrected chi connectivity index (χ1v) is 36.4. The van der Waals surface area contributed by atoms with Gasteiger partial charge in [0.15, 0.2) is 17.5 Å². The molecule has 16 aromatic carbocycles. The van der Waals surface area contributed by atoms with Crippen molar-refractivity contribution in [3.63, 3.8) is 0 Å². The van der Waals surface area contributed by atoms with Gasteiger partial charge in [0.05, 0.1) is 62.3 Å². The molecule has 5 heterocycles. The maximum atomic E-state index is 10.2. The van der Waals surface area contributed by atoms with Crippen molar-refractivity contribution in [3.05, 3.63) is 381 Å². The van der Waals surface area contributed by atoms with E-state index in [-0.39, 0.29) is 0 Å². The molecule has 21 aromatic rings. The Labute approximate surface area is 621 Å². The molecule has 0 aliphatic rings. The second kappa shape index (κ2) is 25.3. The molecular weight excluding hydrogens is 1320 g/mol. The first-order valence-electron chi connectivity index (χ1n) is 36.4. The number of furan rings is 1. The number of aromatic nitrogens is 6. The maximum Gasteiger partial charge on any atom is 0.255 e. The summed E-state index contributed by atoms with van der Waals surface area (Å²) in [4.78, 5) is 20.9. The SMILES string of the molecule is [C-]#[N+]c1c(-n2c3ccc(-c4ccccc4)cc3c3cc(-c4ccccc4)ccc32)c(-n2c3ccc(-c4ccccc4)cc3c3cc(-c4ccccc4)ccc32)c(-n2c3ccc(-c4ccccc4)cc3c3cc(-c4ccccc4)ccc32)c2c1oc1c(-c3nc(-c4ccccc4)nc(-c4ccccc4)n3)cccc12. The van der Waals surface area contributed by atoms with Crippen molar-refractivity contribution in [2.75, 3.05) is 0 Å². The van der Waals surface area contributed by atoms with E-state index in [1.165, 1.54) is 0 Å². The number of rotatable bonds is 12. The van der Waals surface area contributed by atoms with Gasteiger partial charge in [-0.1, -0.05) is 291 Å². The molecule has 0 atom stereocenters. The number of fused-ring (bicyclic) bond motifs is 12. The predicted octanol–water partition coefficient (Wildman–Crippen LogP) is 26.6. The second-order valence-electron chi connectivity index (χ2n) is 27.6. The highest BCUT2D eigenvalue weighted by Gasteiger charge is 2.35. The number of hydrogen-bond acceptors (Lipinski definition) is 4. The van der Waals surface area contributed by atoms with Gasteiger partial charge in [-0.3, -0.25) is 0 Å². The molecule has 21 rings (SSSR count). The third kappa shape index (κ3) is 10.1. The molecular formula is C100H61N7O. The molecule has 0 bridgehead atoms. The molecule has 0 radical (unpaired) electrons. The van der Waals surface area contributed by atoms with Gasteiger partial charge in [0, 0.05) is 54.2 Å². The minimum absolute atomic E-state index is 0.324. The Kier molecular flexibility index (Phi) is 14.5. The van der Waals surface area contributed by atoms with Crippen molar-refractivity contribution in [3.8, 4) is 118 Å². The van der Waals surface area contributed by atoms with Crippen molar-refractivity contribution >= 4 is 93.0 Å². The van der Waals surface area contributed by atoms with Crippen molar-refractivity contribution in [2.45, 2.75) is 0 Å². The molecule has 502 valence electrons. The van der Waals surface area contributed by atoms with Gasteiger partial charge in [-0.25, -0.2) is 19.8 Å². The lowest BCUT2D eigenvalue weighted by atomic mass is 10.0. The summed E-state index contributed by atoms with van der Waals surface area (Å²) in [5.74, 6) is 1.46. The summed E-state index contributed by atoms with van der Waals surface area (Å²) >= 11 is 0. The quantitative estimate of drug-likeness (QED) is 0.114. The molecule has 0 unspecified atom stereocenters. The summed E-state index contributed by atoms with van der Waals surface area (Å²) in [6.45, 7) is 10.2. The van der Waals surface area contributed by atoms with Crippen LogP contribution in [0.15, 0.2) is 374 Å². The lowest BCUT2D eigenvalue weighted by molar-refractivity contribution is 0.671. The average molecular weight is 1380 g/mol. The molecule has 8 heteroatoms. The van der Waals surface area contributed by atoms with E-state index in [0.717, 1.165) is 165 Å². The minimum Gasteiger partial charge on any atom is -0.466 e. The lowest BCUT2D eigenvalue weighted by Gasteiger charge is -2.24. The standard InChI is InChI=1S/C100H61N7O/c1-101-92-94(106-87-53-47-73(65-31-14-4-15-32-65)59-81(87)82-60-74(48-54-88(82)106)66-33-16-5-17-34-66)95(107-89-55-49-75(67-35-18-6-19-36-67)61-83(89)84-62-76(50-56-90(84)107)68-37-20-7-21-38-68)93(105-85-51-45-71(63-27-10-2-11-28-63)57-79(85)80-58-72(46-52-86(80)105)64-29-12-3-13-30-64)91-77-43-26-44-78(96(77)108-97(91)92)100-103-98(69-39-22-8-23-40-69)102-99(104-100)70-41-24-9-25-42-70/h2-62H. The van der Waals surface area contributed by atoms with E-state index in [2.05, 4.69) is 317 Å². The van der Waals surface area contributed by atoms with Gasteiger partial charge in [-0.05, 0) is 146 Å². The van der Waals surface area contributed by atoms with Gasteiger partial charge in [0.1, 0.15) is 11.2 Å². The first-order chi connectivity index (χ1) is 53.5. The molecule has 0 saturated carbocycles. The Morgan fingerprint density at radius 3 is 0.787 bits per heavy atom. The number of benzene rings is 16. The van der Waals surface area contributed by atoms with Crippen molar-refractivity contribution in [1.82, 2.24) is 28.7 Å². The zero-order valence-corrected chi connectivity index (χ0v) is 58.3. The van der Waals surface area contributed by atoms with E-state index in [0.29, 0.717) is 45.6 Å². The fraction of sp³-hybridized carbons (Fsp3) is 0. The van der Waals surface area contributed by atoms with Crippen LogP contribution in [0.5, 0.6) is 0 Å². The first kappa shape index (κ1) is 61.8. The zero-order valence-electron chi connectivity index (χ0n) is 58.3. The Morgan fingerprint density at radius 2 is 0.491 bits per heavy atom. The highest BCUT2D eigenvalue weighted by atomic mass is 16.3. The van der Waals surface area contributed by atoms with Crippen LogP contribution in [0, 0.1) is 6.57 Å². The van der Waals surface area contributed by atoms with Crippen LogP contribution in [0.1, 0.15) is 0 Å². The van der Waals surface area contributed by atoms with Gasteiger partial charge >= 0.3 is 0 Å². The summed E-state index contributed by atoms with van der Waals surface area (Å²) < 4.78 is 15.2. The fourth-order valence-electron chi connectivity index (χ4n) is 16.5. The highest BCUT2D eigenvalue weighted by Crippen LogP contribution is 2.55. The minimum atomic E-state index is 0.324. The smallest absolute Gasteiger partial charge is 0.255 e. The molecule has 0 N–H and O–H groups in total. The van der Waals surface area contributed by atoms with Crippen LogP contribution in [0.2, 0.25) is 0 Å². The highest BCUT2D eigenvalue weighted by molar-refractivity contribution is 6.25. The van der Waals surface area contributed by atoms with E-state index >= 15 is 0 Å². The molecule has 5 aromatic heterocycles. The number of nitrogens with zero attached hydrogens (tertiary/aromatic N) is 7. The van der Waals surface area contributed by atoms with E-state index < -0.39 is 0 Å². The van der Waals surface area contributed by atoms with Crippen LogP contribution in [0.25, 0.3) is 210 Å². The Morgan fingerprint density at radius 1 is 0.222 bits per heavy atom. The Hall–Kier alpha value is -14.8.